The highest BCUT2D eigenvalue weighted by Gasteiger charge is 2.19. The van der Waals surface area contributed by atoms with Crippen LogP contribution in [-0.2, 0) is 9.53 Å². The topological polar surface area (TPSA) is 46.6 Å². The maximum atomic E-state index is 12.0. The van der Waals surface area contributed by atoms with E-state index in [1.807, 2.05) is 6.92 Å². The molecule has 0 aliphatic carbocycles. The monoisotopic (exact) mass is 327 g/mol. The van der Waals surface area contributed by atoms with E-state index in [4.69, 9.17) is 4.74 Å². The molecular formula is C14H18BrNO3. The Morgan fingerprint density at radius 3 is 2.63 bits per heavy atom. The third-order valence-corrected chi connectivity index (χ3v) is 3.34. The van der Waals surface area contributed by atoms with Gasteiger partial charge in [-0.05, 0) is 24.6 Å². The number of ether oxygens (including phenoxy) is 1. The number of nitrogens with zero attached hydrogens (tertiary/aromatic N) is 1. The van der Waals surface area contributed by atoms with Crippen LogP contribution >= 0.6 is 15.9 Å². The molecule has 0 heterocycles. The molecule has 0 spiro atoms. The first-order valence-electron chi connectivity index (χ1n) is 6.15. The van der Waals surface area contributed by atoms with E-state index in [0.717, 1.165) is 17.3 Å². The molecule has 0 saturated carbocycles. The van der Waals surface area contributed by atoms with Gasteiger partial charge in [0.1, 0.15) is 0 Å². The Kier molecular flexibility index (Phi) is 6.02. The Hall–Kier alpha value is -1.36. The summed E-state index contributed by atoms with van der Waals surface area (Å²) in [5.41, 5.74) is 0.945. The number of esters is 1. The van der Waals surface area contributed by atoms with Crippen LogP contribution in [0.25, 0.3) is 0 Å². The van der Waals surface area contributed by atoms with Crippen LogP contribution in [0.1, 0.15) is 36.5 Å². The molecule has 1 amide bonds. The minimum absolute atomic E-state index is 0.00525. The zero-order valence-electron chi connectivity index (χ0n) is 11.4. The molecule has 0 fully saturated rings. The van der Waals surface area contributed by atoms with E-state index in [0.29, 0.717) is 17.7 Å². The second-order valence-electron chi connectivity index (χ2n) is 4.21. The minimum Gasteiger partial charge on any atom is -0.465 e. The molecule has 0 radical (unpaired) electrons. The lowest BCUT2D eigenvalue weighted by Crippen LogP contribution is -2.27. The van der Waals surface area contributed by atoms with E-state index in [2.05, 4.69) is 15.9 Å². The standard InChI is InChI=1S/C14H18BrNO3/c1-4-5-6-13(17)16(2)12-8-7-10(15)9-11(12)14(18)19-3/h7-9H,4-6H2,1-3H3. The first-order valence-corrected chi connectivity index (χ1v) is 6.95. The van der Waals surface area contributed by atoms with E-state index in [1.165, 1.54) is 12.0 Å². The SMILES string of the molecule is CCCCC(=O)N(C)c1ccc(Br)cc1C(=O)OC. The first kappa shape index (κ1) is 15.7. The minimum atomic E-state index is -0.452. The fourth-order valence-corrected chi connectivity index (χ4v) is 2.07. The molecule has 0 atom stereocenters. The van der Waals surface area contributed by atoms with Gasteiger partial charge in [-0.25, -0.2) is 4.79 Å². The van der Waals surface area contributed by atoms with Crippen molar-refractivity contribution >= 4 is 33.5 Å². The number of benzene rings is 1. The maximum Gasteiger partial charge on any atom is 0.340 e. The van der Waals surface area contributed by atoms with Gasteiger partial charge >= 0.3 is 5.97 Å². The molecule has 1 aromatic carbocycles. The predicted molar refractivity (Wildman–Crippen MR) is 78.4 cm³/mol. The number of carbonyl (C=O) groups is 2. The molecule has 0 bridgehead atoms. The molecule has 1 aromatic rings. The van der Waals surface area contributed by atoms with Crippen molar-refractivity contribution in [3.63, 3.8) is 0 Å². The molecule has 0 aromatic heterocycles. The highest BCUT2D eigenvalue weighted by Crippen LogP contribution is 2.25. The van der Waals surface area contributed by atoms with Crippen molar-refractivity contribution in [3.05, 3.63) is 28.2 Å². The van der Waals surface area contributed by atoms with Crippen LogP contribution in [0.5, 0.6) is 0 Å². The van der Waals surface area contributed by atoms with Gasteiger partial charge in [-0.3, -0.25) is 4.79 Å². The summed E-state index contributed by atoms with van der Waals surface area (Å²) in [6, 6.07) is 5.19. The molecule has 0 unspecified atom stereocenters. The van der Waals surface area contributed by atoms with Gasteiger partial charge in [-0.2, -0.15) is 0 Å². The number of halogens is 1. The van der Waals surface area contributed by atoms with Crippen molar-refractivity contribution in [3.8, 4) is 0 Å². The number of hydrogen-bond acceptors (Lipinski definition) is 3. The van der Waals surface area contributed by atoms with Crippen LogP contribution in [0.4, 0.5) is 5.69 Å². The number of hydrogen-bond donors (Lipinski definition) is 0. The van der Waals surface area contributed by atoms with Crippen LogP contribution in [0.3, 0.4) is 0 Å². The molecule has 104 valence electrons. The second-order valence-corrected chi connectivity index (χ2v) is 5.13. The van der Waals surface area contributed by atoms with Gasteiger partial charge in [0.15, 0.2) is 0 Å². The van der Waals surface area contributed by atoms with E-state index in [-0.39, 0.29) is 5.91 Å². The van der Waals surface area contributed by atoms with Gasteiger partial charge < -0.3 is 9.64 Å². The Labute approximate surface area is 121 Å². The van der Waals surface area contributed by atoms with Gasteiger partial charge in [0, 0.05) is 17.9 Å². The number of carbonyl (C=O) groups excluding carboxylic acids is 2. The summed E-state index contributed by atoms with van der Waals surface area (Å²) in [6.45, 7) is 2.03. The number of rotatable bonds is 5. The van der Waals surface area contributed by atoms with Gasteiger partial charge in [-0.15, -0.1) is 0 Å². The lowest BCUT2D eigenvalue weighted by atomic mass is 10.1. The van der Waals surface area contributed by atoms with Gasteiger partial charge in [-0.1, -0.05) is 29.3 Å². The zero-order valence-corrected chi connectivity index (χ0v) is 13.0. The van der Waals surface area contributed by atoms with Gasteiger partial charge in [0.05, 0.1) is 18.4 Å². The normalized spacial score (nSPS) is 10.1. The highest BCUT2D eigenvalue weighted by molar-refractivity contribution is 9.10. The predicted octanol–water partition coefficient (Wildman–Crippen LogP) is 3.39. The first-order chi connectivity index (χ1) is 9.01. The van der Waals surface area contributed by atoms with Gasteiger partial charge in [0.25, 0.3) is 0 Å². The summed E-state index contributed by atoms with van der Waals surface area (Å²) >= 11 is 3.31. The third-order valence-electron chi connectivity index (χ3n) is 2.84. The van der Waals surface area contributed by atoms with Crippen LogP contribution in [-0.4, -0.2) is 26.0 Å². The number of unbranched alkanes of at least 4 members (excludes halogenated alkanes) is 1. The fourth-order valence-electron chi connectivity index (χ4n) is 1.70. The van der Waals surface area contributed by atoms with E-state index in [9.17, 15) is 9.59 Å². The van der Waals surface area contributed by atoms with Gasteiger partial charge in [0.2, 0.25) is 5.91 Å². The average Bonchev–Trinajstić information content (AvgIpc) is 2.42. The van der Waals surface area contributed by atoms with E-state index >= 15 is 0 Å². The molecule has 4 nitrogen and oxygen atoms in total. The lowest BCUT2D eigenvalue weighted by Gasteiger charge is -2.20. The summed E-state index contributed by atoms with van der Waals surface area (Å²) in [6.07, 6.45) is 2.28. The van der Waals surface area contributed by atoms with Crippen molar-refractivity contribution in [2.75, 3.05) is 19.1 Å². The van der Waals surface area contributed by atoms with Crippen molar-refractivity contribution in [1.82, 2.24) is 0 Å². The number of methoxy groups -OCH3 is 1. The van der Waals surface area contributed by atoms with Crippen molar-refractivity contribution in [2.45, 2.75) is 26.2 Å². The average molecular weight is 328 g/mol. The van der Waals surface area contributed by atoms with E-state index < -0.39 is 5.97 Å². The second kappa shape index (κ2) is 7.28. The zero-order chi connectivity index (χ0) is 14.4. The summed E-state index contributed by atoms with van der Waals surface area (Å²) in [5, 5.41) is 0. The molecule has 5 heteroatoms. The molecule has 19 heavy (non-hydrogen) atoms. The van der Waals surface area contributed by atoms with Crippen molar-refractivity contribution < 1.29 is 14.3 Å². The third kappa shape index (κ3) is 4.06. The van der Waals surface area contributed by atoms with Crippen molar-refractivity contribution in [2.24, 2.45) is 0 Å². The Morgan fingerprint density at radius 1 is 1.37 bits per heavy atom. The van der Waals surface area contributed by atoms with Crippen LogP contribution in [0.2, 0.25) is 0 Å². The van der Waals surface area contributed by atoms with Crippen LogP contribution in [0.15, 0.2) is 22.7 Å². The molecule has 0 aliphatic rings. The summed E-state index contributed by atoms with van der Waals surface area (Å²) in [5.74, 6) is -0.458. The molecule has 0 N–H and O–H groups in total. The fraction of sp³-hybridized carbons (Fsp3) is 0.429. The smallest absolute Gasteiger partial charge is 0.340 e. The van der Waals surface area contributed by atoms with Crippen LogP contribution < -0.4 is 4.90 Å². The largest absolute Gasteiger partial charge is 0.465 e. The summed E-state index contributed by atoms with van der Waals surface area (Å²) in [7, 11) is 3.00. The molecule has 0 aliphatic heterocycles. The lowest BCUT2D eigenvalue weighted by molar-refractivity contribution is -0.118. The van der Waals surface area contributed by atoms with Crippen molar-refractivity contribution in [1.29, 1.82) is 0 Å². The number of anilines is 1. The highest BCUT2D eigenvalue weighted by atomic mass is 79.9. The van der Waals surface area contributed by atoms with E-state index in [1.54, 1.807) is 25.2 Å². The summed E-state index contributed by atoms with van der Waals surface area (Å²) in [4.78, 5) is 25.3. The molecular weight excluding hydrogens is 310 g/mol. The Bertz CT molecular complexity index is 474. The Balaban J connectivity index is 3.05. The molecule has 0 saturated heterocycles. The quantitative estimate of drug-likeness (QED) is 0.779. The Morgan fingerprint density at radius 2 is 2.05 bits per heavy atom. The molecule has 1 rings (SSSR count). The summed E-state index contributed by atoms with van der Waals surface area (Å²) < 4.78 is 5.51. The maximum absolute atomic E-state index is 12.0. The van der Waals surface area contributed by atoms with Crippen LogP contribution in [0, 0.1) is 0 Å². The number of amides is 1.